The standard InChI is InChI=1S/C72H115NO13/c1-3-5-7-9-11-13-15-16-17-18-19-20-21-22-23-24-25-26-27-28-29-30-31-32-33-34-35-36-37-38-39-40-41-42-43-44-46-48-50-52-54-56-64(77)73-60(61(76)55-53-51-49-47-45-14-12-10-8-6-4-2)59-83-71-69(82)67(80)70(63(58-75)85-71)86-72-68(81)66(79)65(78)62(57-74)84-72/h5,7,11,13,16-17,19-20,22-23,25-26,28-29,31-32,34-35,37-38,40-41,45,47,53,55,60-63,65-72,74-76,78-82H,3-4,6,8-10,12,14-15,18,21,24,27,30,33,36,39,42-44,46,48-52,54,56-59H2,1-2H3,(H,73,77)/b7-5-,13-11-,17-16-,20-19-,23-22-,26-25-,29-28-,32-31-,35-34-,38-37-,41-40-,47-45+,55-53+. The molecule has 1 amide bonds. The zero-order valence-electron chi connectivity index (χ0n) is 52.5. The van der Waals surface area contributed by atoms with Crippen LogP contribution in [-0.4, -0.2) is 140 Å². The number of unbranched alkanes of at least 4 members (excludes halogenated alkanes) is 13. The fourth-order valence-corrected chi connectivity index (χ4v) is 9.49. The Morgan fingerprint density at radius 1 is 0.430 bits per heavy atom. The van der Waals surface area contributed by atoms with E-state index in [1.54, 1.807) is 6.08 Å². The van der Waals surface area contributed by atoms with Gasteiger partial charge in [-0.3, -0.25) is 4.79 Å². The van der Waals surface area contributed by atoms with Gasteiger partial charge in [-0.05, 0) is 116 Å². The van der Waals surface area contributed by atoms with Crippen LogP contribution in [0.1, 0.15) is 194 Å². The molecular formula is C72H115NO13. The molecule has 0 aliphatic carbocycles. The molecule has 9 N–H and O–H groups in total. The lowest BCUT2D eigenvalue weighted by molar-refractivity contribution is -0.359. The lowest BCUT2D eigenvalue weighted by Crippen LogP contribution is -2.65. The van der Waals surface area contributed by atoms with Crippen molar-refractivity contribution in [1.82, 2.24) is 5.32 Å². The average molecular weight is 1200 g/mol. The fourth-order valence-electron chi connectivity index (χ4n) is 9.49. The summed E-state index contributed by atoms with van der Waals surface area (Å²) in [5.74, 6) is -0.270. The van der Waals surface area contributed by atoms with Crippen LogP contribution in [0.15, 0.2) is 158 Å². The monoisotopic (exact) mass is 1200 g/mol. The largest absolute Gasteiger partial charge is 0.394 e. The van der Waals surface area contributed by atoms with Gasteiger partial charge in [0.1, 0.15) is 48.8 Å². The predicted octanol–water partition coefficient (Wildman–Crippen LogP) is 12.7. The summed E-state index contributed by atoms with van der Waals surface area (Å²) < 4.78 is 22.7. The van der Waals surface area contributed by atoms with Crippen LogP contribution in [0.3, 0.4) is 0 Å². The number of allylic oxidation sites excluding steroid dienone is 25. The summed E-state index contributed by atoms with van der Waals surface area (Å²) in [6.45, 7) is 2.59. The summed E-state index contributed by atoms with van der Waals surface area (Å²) >= 11 is 0. The molecule has 2 saturated heterocycles. The molecule has 2 rings (SSSR count). The number of rotatable bonds is 50. The fraction of sp³-hybridized carbons (Fsp3) is 0.625. The van der Waals surface area contributed by atoms with Gasteiger partial charge in [0.05, 0.1) is 32.0 Å². The number of aliphatic hydroxyl groups excluding tert-OH is 8. The Morgan fingerprint density at radius 2 is 0.814 bits per heavy atom. The molecule has 0 aromatic heterocycles. The maximum Gasteiger partial charge on any atom is 0.220 e. The molecule has 2 aliphatic rings. The highest BCUT2D eigenvalue weighted by atomic mass is 16.7. The Bertz CT molecular complexity index is 2050. The van der Waals surface area contributed by atoms with E-state index in [1.165, 1.54) is 25.7 Å². The first kappa shape index (κ1) is 77.7. The highest BCUT2D eigenvalue weighted by Gasteiger charge is 2.51. The SMILES string of the molecule is CC/C=C\C/C=C\C/C=C\C/C=C\C/C=C\C/C=C\C/C=C\C/C=C\C/C=C\C/C=C\C/C=C\CCCCCCCCCC(=O)NC(COC1OC(CO)C(OC2OC(CO)C(O)C(O)C2O)C(O)C1O)C(O)/C=C/CC/C=C/CCCCCCC. The second kappa shape index (κ2) is 54.7. The normalized spacial score (nSPS) is 24.5. The minimum absolute atomic E-state index is 0.250. The van der Waals surface area contributed by atoms with Gasteiger partial charge in [-0.2, -0.15) is 0 Å². The Kier molecular flexibility index (Phi) is 49.5. The van der Waals surface area contributed by atoms with Gasteiger partial charge in [-0.25, -0.2) is 0 Å². The zero-order chi connectivity index (χ0) is 62.3. The molecule has 14 nitrogen and oxygen atoms in total. The van der Waals surface area contributed by atoms with E-state index < -0.39 is 86.8 Å². The van der Waals surface area contributed by atoms with Gasteiger partial charge in [0, 0.05) is 6.42 Å². The first-order valence-electron chi connectivity index (χ1n) is 32.7. The van der Waals surface area contributed by atoms with Gasteiger partial charge in [0.15, 0.2) is 12.6 Å². The molecule has 486 valence electrons. The van der Waals surface area contributed by atoms with E-state index in [0.29, 0.717) is 12.8 Å². The summed E-state index contributed by atoms with van der Waals surface area (Å²) in [4.78, 5) is 13.2. The summed E-state index contributed by atoms with van der Waals surface area (Å²) in [6, 6.07) is -0.948. The Hall–Kier alpha value is -4.39. The lowest BCUT2D eigenvalue weighted by Gasteiger charge is -2.46. The molecule has 12 unspecified atom stereocenters. The molecule has 2 fully saturated rings. The third kappa shape index (κ3) is 38.8. The first-order chi connectivity index (χ1) is 42.1. The molecule has 12 atom stereocenters. The van der Waals surface area contributed by atoms with Crippen molar-refractivity contribution < 1.29 is 64.6 Å². The summed E-state index contributed by atoms with van der Waals surface area (Å²) in [5, 5.41) is 86.9. The van der Waals surface area contributed by atoms with Crippen LogP contribution in [0.5, 0.6) is 0 Å². The van der Waals surface area contributed by atoms with Gasteiger partial charge in [0.25, 0.3) is 0 Å². The van der Waals surface area contributed by atoms with E-state index in [0.717, 1.165) is 135 Å². The Morgan fingerprint density at radius 3 is 1.28 bits per heavy atom. The van der Waals surface area contributed by atoms with Gasteiger partial charge < -0.3 is 65.1 Å². The zero-order valence-corrected chi connectivity index (χ0v) is 52.5. The van der Waals surface area contributed by atoms with Crippen LogP contribution < -0.4 is 5.32 Å². The second-order valence-electron chi connectivity index (χ2n) is 22.1. The van der Waals surface area contributed by atoms with E-state index in [2.05, 4.69) is 165 Å². The number of hydrogen-bond donors (Lipinski definition) is 9. The van der Waals surface area contributed by atoms with Crippen molar-refractivity contribution in [3.8, 4) is 0 Å². The minimum atomic E-state index is -1.80. The maximum atomic E-state index is 13.2. The van der Waals surface area contributed by atoms with Crippen LogP contribution in [0, 0.1) is 0 Å². The van der Waals surface area contributed by atoms with E-state index in [-0.39, 0.29) is 18.9 Å². The Labute approximate surface area is 518 Å². The minimum Gasteiger partial charge on any atom is -0.394 e. The molecular weight excluding hydrogens is 1090 g/mol. The van der Waals surface area contributed by atoms with E-state index in [1.807, 2.05) is 6.08 Å². The van der Waals surface area contributed by atoms with Crippen LogP contribution in [0.25, 0.3) is 0 Å². The van der Waals surface area contributed by atoms with E-state index >= 15 is 0 Å². The quantitative estimate of drug-likeness (QED) is 0.0204. The van der Waals surface area contributed by atoms with Crippen LogP contribution in [0.4, 0.5) is 0 Å². The van der Waals surface area contributed by atoms with E-state index in [9.17, 15) is 45.6 Å². The van der Waals surface area contributed by atoms with Crippen molar-refractivity contribution in [2.45, 2.75) is 267 Å². The highest BCUT2D eigenvalue weighted by Crippen LogP contribution is 2.30. The number of aliphatic hydroxyl groups is 8. The van der Waals surface area contributed by atoms with Gasteiger partial charge in [-0.1, -0.05) is 230 Å². The van der Waals surface area contributed by atoms with Crippen molar-refractivity contribution in [1.29, 1.82) is 0 Å². The van der Waals surface area contributed by atoms with Crippen LogP contribution >= 0.6 is 0 Å². The van der Waals surface area contributed by atoms with Gasteiger partial charge in [0.2, 0.25) is 5.91 Å². The van der Waals surface area contributed by atoms with Crippen LogP contribution in [-0.2, 0) is 23.7 Å². The molecule has 0 aromatic rings. The molecule has 2 heterocycles. The predicted molar refractivity (Wildman–Crippen MR) is 350 cm³/mol. The maximum absolute atomic E-state index is 13.2. The molecule has 0 bridgehead atoms. The molecule has 2 aliphatic heterocycles. The number of carbonyl (C=O) groups excluding carboxylic acids is 1. The summed E-state index contributed by atoms with van der Waals surface area (Å²) in [6.07, 6.45) is 67.4. The molecule has 0 spiro atoms. The molecule has 0 saturated carbocycles. The number of carbonyl (C=O) groups is 1. The third-order valence-corrected chi connectivity index (χ3v) is 14.7. The number of ether oxygens (including phenoxy) is 4. The van der Waals surface area contributed by atoms with Gasteiger partial charge in [-0.15, -0.1) is 0 Å². The van der Waals surface area contributed by atoms with Gasteiger partial charge >= 0.3 is 0 Å². The second-order valence-corrected chi connectivity index (χ2v) is 22.1. The lowest BCUT2D eigenvalue weighted by atomic mass is 9.97. The highest BCUT2D eigenvalue weighted by molar-refractivity contribution is 5.76. The molecule has 0 radical (unpaired) electrons. The molecule has 0 aromatic carbocycles. The van der Waals surface area contributed by atoms with E-state index in [4.69, 9.17) is 18.9 Å². The topological polar surface area (TPSA) is 228 Å². The van der Waals surface area contributed by atoms with Crippen LogP contribution in [0.2, 0.25) is 0 Å². The first-order valence-corrected chi connectivity index (χ1v) is 32.7. The molecule has 86 heavy (non-hydrogen) atoms. The average Bonchev–Trinajstić information content (AvgIpc) is 1.60. The smallest absolute Gasteiger partial charge is 0.220 e. The third-order valence-electron chi connectivity index (χ3n) is 14.7. The number of hydrogen-bond acceptors (Lipinski definition) is 13. The van der Waals surface area contributed by atoms with Crippen molar-refractivity contribution in [2.75, 3.05) is 19.8 Å². The van der Waals surface area contributed by atoms with Crippen molar-refractivity contribution in [3.63, 3.8) is 0 Å². The van der Waals surface area contributed by atoms with Crippen molar-refractivity contribution in [2.24, 2.45) is 0 Å². The summed E-state index contributed by atoms with van der Waals surface area (Å²) in [5.41, 5.74) is 0. The number of nitrogens with one attached hydrogen (secondary N) is 1. The Balaban J connectivity index is 1.62. The van der Waals surface area contributed by atoms with Crippen molar-refractivity contribution in [3.05, 3.63) is 158 Å². The summed E-state index contributed by atoms with van der Waals surface area (Å²) in [7, 11) is 0. The molecule has 14 heteroatoms. The van der Waals surface area contributed by atoms with Crippen molar-refractivity contribution >= 4 is 5.91 Å². The number of amides is 1.